The van der Waals surface area contributed by atoms with Crippen molar-refractivity contribution in [2.45, 2.75) is 30.7 Å². The Hall–Kier alpha value is -2.64. The molecule has 0 atom stereocenters. The number of hydrogen-bond acceptors (Lipinski definition) is 4. The Kier molecular flexibility index (Phi) is 7.29. The fraction of sp³-hybridized carbons (Fsp3) is 0.348. The molecule has 1 aliphatic rings. The van der Waals surface area contributed by atoms with Gasteiger partial charge in [-0.3, -0.25) is 4.79 Å². The van der Waals surface area contributed by atoms with Crippen LogP contribution in [0.15, 0.2) is 66.1 Å². The summed E-state index contributed by atoms with van der Waals surface area (Å²) in [6.07, 6.45) is 4.48. The first-order chi connectivity index (χ1) is 14.4. The molecular weight excluding hydrogens is 400 g/mol. The third-order valence-corrected chi connectivity index (χ3v) is 6.99. The number of ether oxygens (including phenoxy) is 1. The Bertz CT molecular complexity index is 981. The van der Waals surface area contributed by atoms with E-state index in [9.17, 15) is 13.2 Å². The fourth-order valence-electron chi connectivity index (χ4n) is 3.46. The van der Waals surface area contributed by atoms with E-state index in [-0.39, 0.29) is 10.8 Å². The quantitative estimate of drug-likeness (QED) is 0.602. The Morgan fingerprint density at radius 3 is 2.50 bits per heavy atom. The lowest BCUT2D eigenvalue weighted by molar-refractivity contribution is 0.0785. The third kappa shape index (κ3) is 5.29. The van der Waals surface area contributed by atoms with Gasteiger partial charge in [0.15, 0.2) is 0 Å². The van der Waals surface area contributed by atoms with Gasteiger partial charge < -0.3 is 9.64 Å². The van der Waals surface area contributed by atoms with Crippen LogP contribution >= 0.6 is 0 Å². The molecule has 2 aromatic rings. The molecule has 6 nitrogen and oxygen atoms in total. The molecule has 2 aromatic carbocycles. The number of rotatable bonds is 8. The Labute approximate surface area is 178 Å². The lowest BCUT2D eigenvalue weighted by atomic mass is 10.1. The summed E-state index contributed by atoms with van der Waals surface area (Å²) in [5.74, 6) is 0.515. The third-order valence-electron chi connectivity index (χ3n) is 5.09. The van der Waals surface area contributed by atoms with Gasteiger partial charge in [0, 0.05) is 32.2 Å². The van der Waals surface area contributed by atoms with Crippen LogP contribution in [0.1, 0.15) is 35.2 Å². The Morgan fingerprint density at radius 1 is 1.13 bits per heavy atom. The minimum atomic E-state index is -3.57. The highest BCUT2D eigenvalue weighted by molar-refractivity contribution is 7.89. The number of hydrogen-bond donors (Lipinski definition) is 0. The van der Waals surface area contributed by atoms with Gasteiger partial charge in [0.1, 0.15) is 12.4 Å². The zero-order valence-electron chi connectivity index (χ0n) is 17.3. The molecule has 0 radical (unpaired) electrons. The van der Waals surface area contributed by atoms with E-state index in [0.29, 0.717) is 31.8 Å². The van der Waals surface area contributed by atoms with Crippen molar-refractivity contribution in [3.05, 3.63) is 72.3 Å². The number of nitrogens with zero attached hydrogens (tertiary/aromatic N) is 2. The van der Waals surface area contributed by atoms with E-state index in [1.807, 2.05) is 24.3 Å². The van der Waals surface area contributed by atoms with Crippen LogP contribution in [-0.2, 0) is 16.6 Å². The van der Waals surface area contributed by atoms with Gasteiger partial charge in [0.25, 0.3) is 5.91 Å². The van der Waals surface area contributed by atoms with E-state index >= 15 is 0 Å². The maximum absolute atomic E-state index is 12.9. The summed E-state index contributed by atoms with van der Waals surface area (Å²) in [5, 5.41) is 0. The Balaban J connectivity index is 1.70. The molecule has 1 heterocycles. The summed E-state index contributed by atoms with van der Waals surface area (Å²) in [5.41, 5.74) is 1.32. The predicted octanol–water partition coefficient (Wildman–Crippen LogP) is 3.70. The first kappa shape index (κ1) is 22.1. The zero-order chi connectivity index (χ0) is 21.6. The molecule has 1 fully saturated rings. The van der Waals surface area contributed by atoms with Gasteiger partial charge in [0.2, 0.25) is 10.0 Å². The average Bonchev–Trinajstić information content (AvgIpc) is 2.78. The minimum absolute atomic E-state index is 0.173. The fourth-order valence-corrected chi connectivity index (χ4v) is 5.02. The van der Waals surface area contributed by atoms with Gasteiger partial charge >= 0.3 is 0 Å². The number of carbonyl (C=O) groups excluding carboxylic acids is 1. The first-order valence-electron chi connectivity index (χ1n) is 10.1. The summed E-state index contributed by atoms with van der Waals surface area (Å²) in [6.45, 7) is 5.53. The summed E-state index contributed by atoms with van der Waals surface area (Å²) >= 11 is 0. The molecule has 0 aromatic heterocycles. The van der Waals surface area contributed by atoms with Crippen molar-refractivity contribution in [1.29, 1.82) is 0 Å². The van der Waals surface area contributed by atoms with Crippen LogP contribution in [0.3, 0.4) is 0 Å². The second kappa shape index (κ2) is 9.91. The molecule has 0 unspecified atom stereocenters. The molecule has 30 heavy (non-hydrogen) atoms. The van der Waals surface area contributed by atoms with Gasteiger partial charge in [-0.1, -0.05) is 37.3 Å². The van der Waals surface area contributed by atoms with E-state index in [0.717, 1.165) is 30.6 Å². The van der Waals surface area contributed by atoms with Gasteiger partial charge in [-0.25, -0.2) is 8.42 Å². The SMILES string of the molecule is C=CCOc1ccc(CN(C)C(=O)c2cccc(S(=O)(=O)N3CCCCC3)c2)cc1. The van der Waals surface area contributed by atoms with Crippen LogP contribution in [0.5, 0.6) is 5.75 Å². The van der Waals surface area contributed by atoms with Crippen molar-refractivity contribution in [2.75, 3.05) is 26.7 Å². The van der Waals surface area contributed by atoms with Gasteiger partial charge in [-0.05, 0) is 48.7 Å². The maximum Gasteiger partial charge on any atom is 0.253 e. The minimum Gasteiger partial charge on any atom is -0.490 e. The van der Waals surface area contributed by atoms with Gasteiger partial charge in [0.05, 0.1) is 4.90 Å². The number of benzene rings is 2. The highest BCUT2D eigenvalue weighted by Gasteiger charge is 2.26. The molecule has 160 valence electrons. The largest absolute Gasteiger partial charge is 0.490 e. The predicted molar refractivity (Wildman–Crippen MR) is 117 cm³/mol. The molecule has 0 aliphatic carbocycles. The zero-order valence-corrected chi connectivity index (χ0v) is 18.1. The van der Waals surface area contributed by atoms with E-state index in [2.05, 4.69) is 6.58 Å². The molecule has 7 heteroatoms. The van der Waals surface area contributed by atoms with Crippen LogP contribution < -0.4 is 4.74 Å². The van der Waals surface area contributed by atoms with Crippen molar-refractivity contribution in [3.8, 4) is 5.75 Å². The van der Waals surface area contributed by atoms with Crippen molar-refractivity contribution in [3.63, 3.8) is 0 Å². The van der Waals surface area contributed by atoms with Crippen LogP contribution in [-0.4, -0.2) is 50.3 Å². The molecule has 3 rings (SSSR count). The van der Waals surface area contributed by atoms with Crippen molar-refractivity contribution >= 4 is 15.9 Å². The summed E-state index contributed by atoms with van der Waals surface area (Å²) in [7, 11) is -1.87. The standard InChI is InChI=1S/C23H28N2O4S/c1-3-16-29-21-12-10-19(11-13-21)18-24(2)23(26)20-8-7-9-22(17-20)30(27,28)25-14-5-4-6-15-25/h3,7-13,17H,1,4-6,14-16,18H2,2H3. The lowest BCUT2D eigenvalue weighted by Crippen LogP contribution is -2.35. The molecule has 0 saturated carbocycles. The van der Waals surface area contributed by atoms with Crippen molar-refractivity contribution < 1.29 is 17.9 Å². The van der Waals surface area contributed by atoms with E-state index in [1.54, 1.807) is 36.2 Å². The molecule has 0 N–H and O–H groups in total. The first-order valence-corrected chi connectivity index (χ1v) is 11.5. The molecule has 1 aliphatic heterocycles. The molecular formula is C23H28N2O4S. The van der Waals surface area contributed by atoms with Crippen LogP contribution in [0, 0.1) is 0 Å². The molecule has 0 spiro atoms. The summed E-state index contributed by atoms with van der Waals surface area (Å²) in [6, 6.07) is 13.8. The molecule has 0 bridgehead atoms. The number of piperidine rings is 1. The second-order valence-electron chi connectivity index (χ2n) is 7.40. The Morgan fingerprint density at radius 2 is 1.83 bits per heavy atom. The summed E-state index contributed by atoms with van der Waals surface area (Å²) < 4.78 is 32.8. The topological polar surface area (TPSA) is 66.9 Å². The summed E-state index contributed by atoms with van der Waals surface area (Å²) in [4.78, 5) is 14.6. The van der Waals surface area contributed by atoms with Crippen LogP contribution in [0.25, 0.3) is 0 Å². The van der Waals surface area contributed by atoms with Gasteiger partial charge in [-0.2, -0.15) is 4.31 Å². The highest BCUT2D eigenvalue weighted by atomic mass is 32.2. The van der Waals surface area contributed by atoms with Crippen LogP contribution in [0.4, 0.5) is 0 Å². The number of carbonyl (C=O) groups is 1. The molecule has 1 saturated heterocycles. The smallest absolute Gasteiger partial charge is 0.253 e. The van der Waals surface area contributed by atoms with Gasteiger partial charge in [-0.15, -0.1) is 0 Å². The van der Waals surface area contributed by atoms with Crippen molar-refractivity contribution in [2.24, 2.45) is 0 Å². The normalized spacial score (nSPS) is 14.8. The monoisotopic (exact) mass is 428 g/mol. The maximum atomic E-state index is 12.9. The number of amides is 1. The number of sulfonamides is 1. The lowest BCUT2D eigenvalue weighted by Gasteiger charge is -2.26. The molecule has 1 amide bonds. The average molecular weight is 429 g/mol. The highest BCUT2D eigenvalue weighted by Crippen LogP contribution is 2.22. The van der Waals surface area contributed by atoms with E-state index in [1.165, 1.54) is 10.4 Å². The van der Waals surface area contributed by atoms with E-state index < -0.39 is 10.0 Å². The van der Waals surface area contributed by atoms with E-state index in [4.69, 9.17) is 4.74 Å². The van der Waals surface area contributed by atoms with Crippen molar-refractivity contribution in [1.82, 2.24) is 9.21 Å². The van der Waals surface area contributed by atoms with Crippen LogP contribution in [0.2, 0.25) is 0 Å². The second-order valence-corrected chi connectivity index (χ2v) is 9.34.